The number of esters is 1. The van der Waals surface area contributed by atoms with Gasteiger partial charge in [0.2, 0.25) is 5.43 Å². The monoisotopic (exact) mass is 458 g/mol. The van der Waals surface area contributed by atoms with Crippen molar-refractivity contribution < 1.29 is 18.7 Å². The van der Waals surface area contributed by atoms with Crippen LogP contribution in [0.25, 0.3) is 10.9 Å². The number of fused-ring (bicyclic) bond motifs is 1. The zero-order chi connectivity index (χ0) is 23.5. The highest BCUT2D eigenvalue weighted by Gasteiger charge is 2.29. The number of amides is 1. The average Bonchev–Trinajstić information content (AvgIpc) is 3.67. The number of carbonyl (C=O) groups is 2. The minimum Gasteiger partial charge on any atom is -0.452 e. The molecule has 1 saturated carbocycles. The zero-order valence-corrected chi connectivity index (χ0v) is 19.2. The highest BCUT2D eigenvalue weighted by molar-refractivity contribution is 5.95. The second kappa shape index (κ2) is 9.91. The molecule has 1 aromatic carbocycles. The molecule has 33 heavy (non-hydrogen) atoms. The van der Waals surface area contributed by atoms with Gasteiger partial charge in [0, 0.05) is 50.3 Å². The number of aromatic nitrogens is 1. The van der Waals surface area contributed by atoms with E-state index in [1.54, 1.807) is 6.07 Å². The Morgan fingerprint density at radius 1 is 1.15 bits per heavy atom. The van der Waals surface area contributed by atoms with Crippen LogP contribution in [-0.4, -0.2) is 67.2 Å². The lowest BCUT2D eigenvalue weighted by molar-refractivity contribution is -0.124. The van der Waals surface area contributed by atoms with Gasteiger partial charge in [0.15, 0.2) is 6.61 Å². The van der Waals surface area contributed by atoms with E-state index in [-0.39, 0.29) is 17.0 Å². The summed E-state index contributed by atoms with van der Waals surface area (Å²) in [7, 11) is 0. The number of nitrogens with zero attached hydrogens (tertiary/aromatic N) is 3. The van der Waals surface area contributed by atoms with E-state index in [2.05, 4.69) is 17.1 Å². The molecule has 0 unspecified atom stereocenters. The zero-order valence-electron chi connectivity index (χ0n) is 19.2. The predicted molar refractivity (Wildman–Crippen MR) is 124 cm³/mol. The summed E-state index contributed by atoms with van der Waals surface area (Å²) in [4.78, 5) is 41.8. The lowest BCUT2D eigenvalue weighted by atomic mass is 10.1. The second-order valence-electron chi connectivity index (χ2n) is 8.68. The molecule has 1 aromatic heterocycles. The van der Waals surface area contributed by atoms with Gasteiger partial charge < -0.3 is 24.4 Å². The summed E-state index contributed by atoms with van der Waals surface area (Å²) in [6.07, 6.45) is 4.12. The lowest BCUT2D eigenvalue weighted by Crippen LogP contribution is -2.46. The Balaban J connectivity index is 1.65. The molecule has 2 heterocycles. The van der Waals surface area contributed by atoms with Crippen LogP contribution in [0.3, 0.4) is 0 Å². The number of nitrogens with one attached hydrogen (secondary N) is 1. The molecule has 0 spiro atoms. The molecule has 1 amide bonds. The van der Waals surface area contributed by atoms with Crippen molar-refractivity contribution in [2.45, 2.75) is 39.2 Å². The quantitative estimate of drug-likeness (QED) is 0.612. The van der Waals surface area contributed by atoms with Crippen molar-refractivity contribution in [3.05, 3.63) is 39.9 Å². The fourth-order valence-corrected chi connectivity index (χ4v) is 4.23. The van der Waals surface area contributed by atoms with Gasteiger partial charge in [-0.25, -0.2) is 9.18 Å². The van der Waals surface area contributed by atoms with Crippen LogP contribution < -0.4 is 15.6 Å². The van der Waals surface area contributed by atoms with E-state index in [1.165, 1.54) is 12.3 Å². The van der Waals surface area contributed by atoms with Crippen LogP contribution >= 0.6 is 0 Å². The molecule has 1 saturated heterocycles. The fourth-order valence-electron chi connectivity index (χ4n) is 4.23. The van der Waals surface area contributed by atoms with Gasteiger partial charge in [-0.05, 0) is 37.9 Å². The number of likely N-dealkylation sites (N-methyl/N-ethyl adjacent to an activating group) is 1. The van der Waals surface area contributed by atoms with Crippen molar-refractivity contribution >= 4 is 28.5 Å². The Morgan fingerprint density at radius 3 is 2.52 bits per heavy atom. The normalized spacial score (nSPS) is 16.8. The molecule has 4 rings (SSSR count). The number of hydrogen-bond donors (Lipinski definition) is 1. The van der Waals surface area contributed by atoms with Crippen LogP contribution in [0, 0.1) is 5.82 Å². The van der Waals surface area contributed by atoms with Crippen molar-refractivity contribution in [3.8, 4) is 0 Å². The molecule has 1 N–H and O–H groups in total. The third-order valence-corrected chi connectivity index (χ3v) is 6.33. The Bertz CT molecular complexity index is 1100. The molecular formula is C24H31FN4O4. The van der Waals surface area contributed by atoms with Gasteiger partial charge in [-0.15, -0.1) is 0 Å². The maximum Gasteiger partial charge on any atom is 0.344 e. The smallest absolute Gasteiger partial charge is 0.344 e. The third-order valence-electron chi connectivity index (χ3n) is 6.33. The topological polar surface area (TPSA) is 83.9 Å². The van der Waals surface area contributed by atoms with Crippen LogP contribution in [0.2, 0.25) is 0 Å². The van der Waals surface area contributed by atoms with Gasteiger partial charge in [0.1, 0.15) is 11.4 Å². The first-order valence-electron chi connectivity index (χ1n) is 11.7. The van der Waals surface area contributed by atoms with E-state index < -0.39 is 29.7 Å². The summed E-state index contributed by atoms with van der Waals surface area (Å²) in [6, 6.07) is 3.13. The van der Waals surface area contributed by atoms with Crippen molar-refractivity contribution in [1.29, 1.82) is 0 Å². The fraction of sp³-hybridized carbons (Fsp3) is 0.542. The number of ether oxygens (including phenoxy) is 1. The van der Waals surface area contributed by atoms with E-state index in [9.17, 15) is 14.4 Å². The first-order valence-corrected chi connectivity index (χ1v) is 11.7. The number of anilines is 1. The molecule has 9 heteroatoms. The molecule has 2 fully saturated rings. The first-order chi connectivity index (χ1) is 15.9. The first kappa shape index (κ1) is 23.2. The van der Waals surface area contributed by atoms with Crippen molar-refractivity contribution in [3.63, 3.8) is 0 Å². The van der Waals surface area contributed by atoms with Crippen molar-refractivity contribution in [1.82, 2.24) is 14.8 Å². The molecule has 1 aliphatic carbocycles. The maximum atomic E-state index is 15.1. The number of carbonyl (C=O) groups excluding carboxylic acids is 2. The molecule has 0 atom stereocenters. The van der Waals surface area contributed by atoms with Gasteiger partial charge in [0.05, 0.1) is 11.2 Å². The molecule has 2 aliphatic rings. The maximum absolute atomic E-state index is 15.1. The molecule has 0 radical (unpaired) electrons. The van der Waals surface area contributed by atoms with E-state index in [0.717, 1.165) is 38.9 Å². The van der Waals surface area contributed by atoms with Crippen LogP contribution in [0.1, 0.15) is 49.5 Å². The number of hydrogen-bond acceptors (Lipinski definition) is 6. The summed E-state index contributed by atoms with van der Waals surface area (Å²) >= 11 is 0. The SMILES string of the molecule is CCCNC(=O)COC(=O)c1cn(C2CC2)c2cc(N3CCN(CC)CC3)c(F)cc2c1=O. The molecular weight excluding hydrogens is 427 g/mol. The van der Waals surface area contributed by atoms with Crippen molar-refractivity contribution in [2.24, 2.45) is 0 Å². The van der Waals surface area contributed by atoms with E-state index in [1.807, 2.05) is 16.4 Å². The van der Waals surface area contributed by atoms with Gasteiger partial charge in [0.25, 0.3) is 5.91 Å². The molecule has 178 valence electrons. The Hall–Kier alpha value is -2.94. The molecule has 2 aromatic rings. The Morgan fingerprint density at radius 2 is 1.88 bits per heavy atom. The minimum absolute atomic E-state index is 0.153. The lowest BCUT2D eigenvalue weighted by Gasteiger charge is -2.35. The highest BCUT2D eigenvalue weighted by Crippen LogP contribution is 2.38. The summed E-state index contributed by atoms with van der Waals surface area (Å²) in [6.45, 7) is 8.17. The Labute approximate surface area is 192 Å². The Kier molecular flexibility index (Phi) is 6.97. The number of piperazine rings is 1. The molecule has 8 nitrogen and oxygen atoms in total. The van der Waals surface area contributed by atoms with Gasteiger partial charge in [-0.3, -0.25) is 9.59 Å². The predicted octanol–water partition coefficient (Wildman–Crippen LogP) is 2.30. The van der Waals surface area contributed by atoms with Crippen LogP contribution in [0.4, 0.5) is 10.1 Å². The third kappa shape index (κ3) is 5.03. The van der Waals surface area contributed by atoms with Crippen molar-refractivity contribution in [2.75, 3.05) is 50.8 Å². The number of halogens is 1. The van der Waals surface area contributed by atoms with Gasteiger partial charge in [-0.2, -0.15) is 0 Å². The van der Waals surface area contributed by atoms with E-state index in [0.29, 0.717) is 30.8 Å². The number of benzene rings is 1. The minimum atomic E-state index is -0.872. The molecule has 1 aliphatic heterocycles. The average molecular weight is 459 g/mol. The summed E-state index contributed by atoms with van der Waals surface area (Å²) in [5, 5.41) is 2.77. The summed E-state index contributed by atoms with van der Waals surface area (Å²) < 4.78 is 22.1. The van der Waals surface area contributed by atoms with Gasteiger partial charge in [-0.1, -0.05) is 13.8 Å². The van der Waals surface area contributed by atoms with Crippen LogP contribution in [0.5, 0.6) is 0 Å². The number of pyridine rings is 1. The van der Waals surface area contributed by atoms with Crippen LogP contribution in [0.15, 0.2) is 23.1 Å². The standard InChI is InChI=1S/C24H31FN4O4/c1-3-7-26-22(30)15-33-24(32)18-14-29(16-5-6-16)20-13-21(19(25)12-17(20)23(18)31)28-10-8-27(4-2)9-11-28/h12-14,16H,3-11,15H2,1-2H3,(H,26,30). The molecule has 0 bridgehead atoms. The van der Waals surface area contributed by atoms with Gasteiger partial charge >= 0.3 is 5.97 Å². The van der Waals surface area contributed by atoms with Crippen LogP contribution in [-0.2, 0) is 9.53 Å². The largest absolute Gasteiger partial charge is 0.452 e. The second-order valence-corrected chi connectivity index (χ2v) is 8.68. The summed E-state index contributed by atoms with van der Waals surface area (Å²) in [5.41, 5.74) is 0.340. The number of rotatable bonds is 8. The summed E-state index contributed by atoms with van der Waals surface area (Å²) in [5.74, 6) is -1.77. The van der Waals surface area contributed by atoms with E-state index >= 15 is 4.39 Å². The highest BCUT2D eigenvalue weighted by atomic mass is 19.1. The van der Waals surface area contributed by atoms with E-state index in [4.69, 9.17) is 4.74 Å².